The number of para-hydroxylation sites is 3. The zero-order chi connectivity index (χ0) is 24.3. The number of fused-ring (bicyclic) bond motifs is 2. The SMILES string of the molecule is Cl.Cl.O=c1oc2ccccc2cc1CCN1CCC(Nc2nc3ccccc3n2Cc2ccccn2)CC1. The van der Waals surface area contributed by atoms with E-state index < -0.39 is 0 Å². The quantitative estimate of drug-likeness (QED) is 0.267. The van der Waals surface area contributed by atoms with Gasteiger partial charge in [0, 0.05) is 42.8 Å². The molecule has 0 bridgehead atoms. The van der Waals surface area contributed by atoms with Gasteiger partial charge in [-0.1, -0.05) is 36.4 Å². The average Bonchev–Trinajstić information content (AvgIpc) is 3.25. The summed E-state index contributed by atoms with van der Waals surface area (Å²) in [4.78, 5) is 24.2. The second kappa shape index (κ2) is 12.4. The molecular weight excluding hydrogens is 521 g/mol. The first kappa shape index (κ1) is 27.6. The molecule has 1 fully saturated rings. The van der Waals surface area contributed by atoms with Gasteiger partial charge in [-0.25, -0.2) is 9.78 Å². The molecule has 0 amide bonds. The Labute approximate surface area is 233 Å². The molecule has 1 aliphatic rings. The van der Waals surface area contributed by atoms with E-state index in [1.165, 1.54) is 0 Å². The van der Waals surface area contributed by atoms with Crippen LogP contribution in [0.2, 0.25) is 0 Å². The van der Waals surface area contributed by atoms with Crippen LogP contribution in [0.1, 0.15) is 24.1 Å². The lowest BCUT2D eigenvalue weighted by molar-refractivity contribution is 0.220. The Kier molecular flexibility index (Phi) is 9.05. The van der Waals surface area contributed by atoms with Crippen molar-refractivity contribution in [3.05, 3.63) is 101 Å². The van der Waals surface area contributed by atoms with Gasteiger partial charge in [0.15, 0.2) is 0 Å². The number of rotatable bonds is 7. The van der Waals surface area contributed by atoms with Crippen LogP contribution in [0, 0.1) is 0 Å². The lowest BCUT2D eigenvalue weighted by Gasteiger charge is -2.32. The van der Waals surface area contributed by atoms with Crippen LogP contribution >= 0.6 is 24.8 Å². The molecule has 0 spiro atoms. The average molecular weight is 553 g/mol. The molecule has 9 heteroatoms. The summed E-state index contributed by atoms with van der Waals surface area (Å²) < 4.78 is 7.72. The fourth-order valence-electron chi connectivity index (χ4n) is 5.04. The Morgan fingerprint density at radius 2 is 1.71 bits per heavy atom. The van der Waals surface area contributed by atoms with Gasteiger partial charge in [-0.05, 0) is 55.7 Å². The van der Waals surface area contributed by atoms with E-state index in [1.54, 1.807) is 0 Å². The summed E-state index contributed by atoms with van der Waals surface area (Å²) in [6.45, 7) is 3.50. The Bertz CT molecular complexity index is 1550. The number of nitrogens with one attached hydrogen (secondary N) is 1. The Morgan fingerprint density at radius 1 is 0.947 bits per heavy atom. The first-order valence-electron chi connectivity index (χ1n) is 12.6. The summed E-state index contributed by atoms with van der Waals surface area (Å²) >= 11 is 0. The number of imidazole rings is 1. The topological polar surface area (TPSA) is 76.2 Å². The number of aromatic nitrogens is 3. The maximum atomic E-state index is 12.4. The molecule has 3 aromatic heterocycles. The second-order valence-corrected chi connectivity index (χ2v) is 9.44. The van der Waals surface area contributed by atoms with Crippen LogP contribution in [0.15, 0.2) is 88.2 Å². The number of likely N-dealkylation sites (tertiary alicyclic amines) is 1. The van der Waals surface area contributed by atoms with E-state index in [0.717, 1.165) is 66.1 Å². The van der Waals surface area contributed by atoms with Gasteiger partial charge in [0.25, 0.3) is 0 Å². The smallest absolute Gasteiger partial charge is 0.339 e. The summed E-state index contributed by atoms with van der Waals surface area (Å²) in [6, 6.07) is 24.3. The summed E-state index contributed by atoms with van der Waals surface area (Å²) in [5.41, 5.74) is 4.28. The predicted octanol–water partition coefficient (Wildman–Crippen LogP) is 5.55. The molecule has 1 aliphatic heterocycles. The molecule has 1 saturated heterocycles. The molecule has 7 nitrogen and oxygen atoms in total. The number of halogens is 2. The third kappa shape index (κ3) is 6.01. The summed E-state index contributed by atoms with van der Waals surface area (Å²) in [6.07, 6.45) is 4.59. The molecule has 198 valence electrons. The third-order valence-corrected chi connectivity index (χ3v) is 7.03. The van der Waals surface area contributed by atoms with Crippen molar-refractivity contribution in [2.75, 3.05) is 25.0 Å². The zero-order valence-electron chi connectivity index (χ0n) is 21.0. The Morgan fingerprint density at radius 3 is 2.53 bits per heavy atom. The summed E-state index contributed by atoms with van der Waals surface area (Å²) in [5.74, 6) is 0.897. The zero-order valence-corrected chi connectivity index (χ0v) is 22.6. The minimum Gasteiger partial charge on any atom is -0.423 e. The highest BCUT2D eigenvalue weighted by atomic mass is 35.5. The summed E-state index contributed by atoms with van der Waals surface area (Å²) in [7, 11) is 0. The highest BCUT2D eigenvalue weighted by Crippen LogP contribution is 2.23. The van der Waals surface area contributed by atoms with Crippen molar-refractivity contribution in [2.45, 2.75) is 31.8 Å². The van der Waals surface area contributed by atoms with Crippen LogP contribution in [0.5, 0.6) is 0 Å². The highest BCUT2D eigenvalue weighted by Gasteiger charge is 2.22. The number of anilines is 1. The first-order valence-corrected chi connectivity index (χ1v) is 12.6. The van der Waals surface area contributed by atoms with Gasteiger partial charge in [0.05, 0.1) is 23.3 Å². The molecule has 2 aromatic carbocycles. The van der Waals surface area contributed by atoms with Gasteiger partial charge in [0.1, 0.15) is 5.58 Å². The maximum Gasteiger partial charge on any atom is 0.339 e. The minimum atomic E-state index is -0.225. The van der Waals surface area contributed by atoms with Crippen molar-refractivity contribution in [1.82, 2.24) is 19.4 Å². The van der Waals surface area contributed by atoms with Gasteiger partial charge in [0.2, 0.25) is 5.95 Å². The van der Waals surface area contributed by atoms with E-state index in [0.29, 0.717) is 24.6 Å². The molecule has 0 saturated carbocycles. The van der Waals surface area contributed by atoms with Crippen molar-refractivity contribution in [1.29, 1.82) is 0 Å². The van der Waals surface area contributed by atoms with Crippen LogP contribution in [0.25, 0.3) is 22.0 Å². The largest absolute Gasteiger partial charge is 0.423 e. The van der Waals surface area contributed by atoms with Gasteiger partial charge < -0.3 is 19.2 Å². The number of hydrogen-bond donors (Lipinski definition) is 1. The fraction of sp³-hybridized carbons (Fsp3) is 0.276. The number of hydrogen-bond acceptors (Lipinski definition) is 6. The van der Waals surface area contributed by atoms with Crippen LogP contribution in [0.3, 0.4) is 0 Å². The van der Waals surface area contributed by atoms with E-state index in [1.807, 2.05) is 60.8 Å². The molecule has 1 N–H and O–H groups in total. The standard InChI is InChI=1S/C29H29N5O2.2ClH/c35-28-22(19-21-7-1-4-11-27(21)36-28)12-16-33-17-13-23(14-18-33)31-29-32-25-9-2-3-10-26(25)34(29)20-24-8-5-6-15-30-24;;/h1-11,15,19,23H,12-14,16-18,20H2,(H,31,32);2*1H. The van der Waals surface area contributed by atoms with E-state index in [4.69, 9.17) is 9.40 Å². The molecular formula is C29H31Cl2N5O2. The van der Waals surface area contributed by atoms with Crippen molar-refractivity contribution < 1.29 is 4.42 Å². The molecule has 0 radical (unpaired) electrons. The maximum absolute atomic E-state index is 12.4. The Hall–Kier alpha value is -3.39. The fourth-order valence-corrected chi connectivity index (χ4v) is 5.04. The molecule has 0 unspecified atom stereocenters. The van der Waals surface area contributed by atoms with Crippen LogP contribution in [0.4, 0.5) is 5.95 Å². The normalized spacial score (nSPS) is 14.2. The number of pyridine rings is 1. The molecule has 6 rings (SSSR count). The summed E-state index contributed by atoms with van der Waals surface area (Å²) in [5, 5.41) is 4.69. The Balaban J connectivity index is 0.00000168. The van der Waals surface area contributed by atoms with Crippen molar-refractivity contribution in [3.63, 3.8) is 0 Å². The monoisotopic (exact) mass is 551 g/mol. The third-order valence-electron chi connectivity index (χ3n) is 7.03. The minimum absolute atomic E-state index is 0. The van der Waals surface area contributed by atoms with Gasteiger partial charge in [-0.15, -0.1) is 24.8 Å². The first-order chi connectivity index (χ1) is 17.7. The number of nitrogens with zero attached hydrogens (tertiary/aromatic N) is 4. The van der Waals surface area contributed by atoms with Gasteiger partial charge >= 0.3 is 5.63 Å². The van der Waals surface area contributed by atoms with Crippen LogP contribution < -0.4 is 10.9 Å². The van der Waals surface area contributed by atoms with E-state index in [2.05, 4.69) is 38.0 Å². The van der Waals surface area contributed by atoms with Crippen LogP contribution in [-0.4, -0.2) is 45.1 Å². The van der Waals surface area contributed by atoms with E-state index in [9.17, 15) is 4.79 Å². The van der Waals surface area contributed by atoms with E-state index in [-0.39, 0.29) is 30.4 Å². The van der Waals surface area contributed by atoms with Crippen molar-refractivity contribution in [2.24, 2.45) is 0 Å². The van der Waals surface area contributed by atoms with Gasteiger partial charge in [-0.2, -0.15) is 0 Å². The van der Waals surface area contributed by atoms with Crippen molar-refractivity contribution >= 4 is 52.8 Å². The molecule has 5 aromatic rings. The molecule has 4 heterocycles. The second-order valence-electron chi connectivity index (χ2n) is 9.44. The van der Waals surface area contributed by atoms with Crippen molar-refractivity contribution in [3.8, 4) is 0 Å². The van der Waals surface area contributed by atoms with Crippen LogP contribution in [-0.2, 0) is 13.0 Å². The molecule has 38 heavy (non-hydrogen) atoms. The predicted molar refractivity (Wildman–Crippen MR) is 157 cm³/mol. The van der Waals surface area contributed by atoms with Gasteiger partial charge in [-0.3, -0.25) is 4.98 Å². The number of benzene rings is 2. The lowest BCUT2D eigenvalue weighted by Crippen LogP contribution is -2.40. The molecule has 0 aliphatic carbocycles. The molecule has 0 atom stereocenters. The number of piperidine rings is 1. The van der Waals surface area contributed by atoms with E-state index >= 15 is 0 Å². The highest BCUT2D eigenvalue weighted by molar-refractivity contribution is 5.85. The lowest BCUT2D eigenvalue weighted by atomic mass is 10.0.